The first kappa shape index (κ1) is 38.4. The highest BCUT2D eigenvalue weighted by molar-refractivity contribution is 6.91. The number of likely N-dealkylation sites (tertiary alicyclic amines) is 1. The molecule has 5 atom stereocenters. The second-order valence-electron chi connectivity index (χ2n) is 15.6. The van der Waals surface area contributed by atoms with Gasteiger partial charge in [0.2, 0.25) is 5.91 Å². The molecular formula is C42H50N4O8Si. The lowest BCUT2D eigenvalue weighted by Gasteiger charge is -2.37. The van der Waals surface area contributed by atoms with Gasteiger partial charge in [-0.2, -0.15) is 9.78 Å². The molecule has 12 nitrogen and oxygen atoms in total. The molecule has 7 rings (SSSR count). The zero-order valence-electron chi connectivity index (χ0n) is 32.2. The Morgan fingerprint density at radius 3 is 2.53 bits per heavy atom. The van der Waals surface area contributed by atoms with Crippen LogP contribution in [0.3, 0.4) is 0 Å². The van der Waals surface area contributed by atoms with Crippen LogP contribution >= 0.6 is 0 Å². The standard InChI is InChI=1S/C42H50N4O8Si/c1-27-39(55(4,5)32-18-16-31(52-2)17-19-32)36(24-37(48)44-22-10-12-30(44)26-47)54-42(27)34-23-29(46-40(50)33-13-7-6-11-28(33)25-43-46)15-20-35(34)45(41(42)51)21-9-8-14-38(49)53-3/h6-7,11,13,15-20,23,25,27,30,36,39,47H,8-10,12,14,21-22,24,26H2,1-5H3/t27-,30-,36+,39-,42+/m0/s1. The minimum absolute atomic E-state index is 0.0625. The van der Waals surface area contributed by atoms with E-state index in [4.69, 9.17) is 14.2 Å². The van der Waals surface area contributed by atoms with Gasteiger partial charge in [0.05, 0.1) is 70.4 Å². The molecule has 13 heteroatoms. The Bertz CT molecular complexity index is 2160. The number of aliphatic hydroxyl groups excluding tert-OH is 1. The number of aromatic nitrogens is 2. The maximum absolute atomic E-state index is 15.2. The quantitative estimate of drug-likeness (QED) is 0.124. The molecule has 1 N–H and O–H groups in total. The highest BCUT2D eigenvalue weighted by Gasteiger charge is 2.66. The smallest absolute Gasteiger partial charge is 0.305 e. The van der Waals surface area contributed by atoms with E-state index in [2.05, 4.69) is 37.2 Å². The topological polar surface area (TPSA) is 140 Å². The van der Waals surface area contributed by atoms with Crippen LogP contribution in [0.2, 0.25) is 18.6 Å². The average Bonchev–Trinajstić information content (AvgIpc) is 3.86. The van der Waals surface area contributed by atoms with Crippen LogP contribution in [0, 0.1) is 5.92 Å². The van der Waals surface area contributed by atoms with Crippen molar-refractivity contribution in [2.45, 2.75) is 81.8 Å². The van der Waals surface area contributed by atoms with Crippen molar-refractivity contribution >= 4 is 47.5 Å². The largest absolute Gasteiger partial charge is 0.497 e. The van der Waals surface area contributed by atoms with Gasteiger partial charge in [-0.15, -0.1) is 0 Å². The SMILES string of the molecule is COC(=O)CCCCN1C(=O)[C@]2(O[C@H](CC(=O)N3CCC[C@H]3CO)[C@@H]([Si](C)(C)c3ccc(OC)cc3)[C@@H]2C)c2cc(-n3ncc4ccccc4c3=O)ccc21. The minimum Gasteiger partial charge on any atom is -0.497 e. The molecule has 290 valence electrons. The Morgan fingerprint density at radius 2 is 1.80 bits per heavy atom. The van der Waals surface area contributed by atoms with E-state index in [0.717, 1.165) is 29.2 Å². The van der Waals surface area contributed by atoms with Crippen LogP contribution in [-0.4, -0.2) is 91.7 Å². The summed E-state index contributed by atoms with van der Waals surface area (Å²) >= 11 is 0. The number of unbranched alkanes of at least 4 members (excludes halogenated alkanes) is 1. The first-order chi connectivity index (χ1) is 26.5. The number of hydrogen-bond donors (Lipinski definition) is 1. The number of rotatable bonds is 12. The van der Waals surface area contributed by atoms with Gasteiger partial charge in [0.15, 0.2) is 5.60 Å². The van der Waals surface area contributed by atoms with Crippen LogP contribution in [0.4, 0.5) is 5.69 Å². The molecule has 4 heterocycles. The van der Waals surface area contributed by atoms with Gasteiger partial charge in [0, 0.05) is 36.4 Å². The predicted molar refractivity (Wildman–Crippen MR) is 212 cm³/mol. The fourth-order valence-electron chi connectivity index (χ4n) is 9.41. The summed E-state index contributed by atoms with van der Waals surface area (Å²) in [6.45, 7) is 7.40. The van der Waals surface area contributed by atoms with Gasteiger partial charge in [-0.25, -0.2) is 0 Å². The number of hydrogen-bond acceptors (Lipinski definition) is 9. The second-order valence-corrected chi connectivity index (χ2v) is 20.3. The number of esters is 1. The van der Waals surface area contributed by atoms with Crippen molar-refractivity contribution in [1.29, 1.82) is 0 Å². The number of amides is 2. The first-order valence-corrected chi connectivity index (χ1v) is 22.3. The Hall–Kier alpha value is -4.85. The number of fused-ring (bicyclic) bond motifs is 3. The van der Waals surface area contributed by atoms with Gasteiger partial charge in [-0.1, -0.05) is 55.5 Å². The summed E-state index contributed by atoms with van der Waals surface area (Å²) in [6.07, 6.45) is 3.98. The van der Waals surface area contributed by atoms with Gasteiger partial charge in [0.25, 0.3) is 11.5 Å². The molecule has 4 aromatic rings. The monoisotopic (exact) mass is 766 g/mol. The van der Waals surface area contributed by atoms with Gasteiger partial charge >= 0.3 is 5.97 Å². The van der Waals surface area contributed by atoms with E-state index >= 15 is 4.79 Å². The van der Waals surface area contributed by atoms with Crippen molar-refractivity contribution in [2.24, 2.45) is 5.92 Å². The van der Waals surface area contributed by atoms with E-state index in [1.165, 1.54) is 11.8 Å². The van der Waals surface area contributed by atoms with Crippen LogP contribution in [-0.2, 0) is 29.5 Å². The molecule has 55 heavy (non-hydrogen) atoms. The molecule has 2 amide bonds. The maximum atomic E-state index is 15.2. The lowest BCUT2D eigenvalue weighted by Crippen LogP contribution is -2.52. The molecule has 0 unspecified atom stereocenters. The Kier molecular flexibility index (Phi) is 10.7. The Labute approximate surface area is 322 Å². The van der Waals surface area contributed by atoms with E-state index in [-0.39, 0.29) is 60.3 Å². The summed E-state index contributed by atoms with van der Waals surface area (Å²) in [4.78, 5) is 58.7. The van der Waals surface area contributed by atoms with Crippen molar-refractivity contribution in [1.82, 2.24) is 14.7 Å². The Morgan fingerprint density at radius 1 is 1.04 bits per heavy atom. The molecular weight excluding hydrogens is 717 g/mol. The fraction of sp³-hybridized carbons (Fsp3) is 0.452. The first-order valence-electron chi connectivity index (χ1n) is 19.2. The molecule has 3 aromatic carbocycles. The molecule has 3 aliphatic heterocycles. The van der Waals surface area contributed by atoms with Crippen molar-refractivity contribution in [3.8, 4) is 11.4 Å². The van der Waals surface area contributed by atoms with Gasteiger partial charge in [0.1, 0.15) is 5.75 Å². The molecule has 0 aliphatic carbocycles. The molecule has 3 aliphatic rings. The summed E-state index contributed by atoms with van der Waals surface area (Å²) in [5.41, 5.74) is -0.151. The number of benzene rings is 3. The average molecular weight is 767 g/mol. The summed E-state index contributed by atoms with van der Waals surface area (Å²) < 4.78 is 18.9. The summed E-state index contributed by atoms with van der Waals surface area (Å²) in [6, 6.07) is 20.6. The summed E-state index contributed by atoms with van der Waals surface area (Å²) in [5, 5.41) is 17.0. The van der Waals surface area contributed by atoms with Gasteiger partial charge in [-0.05, 0) is 67.6 Å². The van der Waals surface area contributed by atoms with E-state index in [1.807, 2.05) is 42.5 Å². The number of anilines is 1. The van der Waals surface area contributed by atoms with E-state index in [9.17, 15) is 19.5 Å². The number of methoxy groups -OCH3 is 2. The summed E-state index contributed by atoms with van der Waals surface area (Å²) in [7, 11) is 0.433. The minimum atomic E-state index is -2.56. The van der Waals surface area contributed by atoms with E-state index in [0.29, 0.717) is 48.3 Å². The summed E-state index contributed by atoms with van der Waals surface area (Å²) in [5.74, 6) is -0.273. The highest BCUT2D eigenvalue weighted by atomic mass is 28.3. The molecule has 2 saturated heterocycles. The van der Waals surface area contributed by atoms with Crippen LogP contribution < -0.4 is 20.4 Å². The Balaban J connectivity index is 1.35. The van der Waals surface area contributed by atoms with Gasteiger partial charge < -0.3 is 29.1 Å². The molecule has 2 fully saturated rings. The van der Waals surface area contributed by atoms with Crippen LogP contribution in [0.5, 0.6) is 5.75 Å². The van der Waals surface area contributed by atoms with Crippen LogP contribution in [0.25, 0.3) is 16.5 Å². The third-order valence-electron chi connectivity index (χ3n) is 12.3. The zero-order valence-corrected chi connectivity index (χ0v) is 33.2. The van der Waals surface area contributed by atoms with Crippen molar-refractivity contribution in [2.75, 3.05) is 38.8 Å². The second kappa shape index (κ2) is 15.4. The van der Waals surface area contributed by atoms with E-state index < -0.39 is 19.8 Å². The number of nitrogens with zero attached hydrogens (tertiary/aromatic N) is 4. The number of aliphatic hydroxyl groups is 1. The molecule has 1 spiro atoms. The third kappa shape index (κ3) is 6.65. The maximum Gasteiger partial charge on any atom is 0.305 e. The van der Waals surface area contributed by atoms with Crippen LogP contribution in [0.15, 0.2) is 77.7 Å². The zero-order chi connectivity index (χ0) is 39.1. The van der Waals surface area contributed by atoms with Crippen molar-refractivity contribution in [3.05, 3.63) is 88.8 Å². The molecule has 0 saturated carbocycles. The molecule has 1 aromatic heterocycles. The van der Waals surface area contributed by atoms with Crippen LogP contribution in [0.1, 0.15) is 51.0 Å². The normalized spacial score (nSPS) is 23.5. The highest BCUT2D eigenvalue weighted by Crippen LogP contribution is 2.60. The fourth-order valence-corrected chi connectivity index (χ4v) is 13.4. The number of ether oxygens (including phenoxy) is 3. The van der Waals surface area contributed by atoms with E-state index in [1.54, 1.807) is 35.2 Å². The number of carbonyl (C=O) groups is 3. The van der Waals surface area contributed by atoms with Gasteiger partial charge in [-0.3, -0.25) is 19.2 Å². The molecule has 0 radical (unpaired) electrons. The molecule has 0 bridgehead atoms. The lowest BCUT2D eigenvalue weighted by molar-refractivity contribution is -0.150. The number of carbonyl (C=O) groups excluding carboxylic acids is 3. The van der Waals surface area contributed by atoms with Crippen molar-refractivity contribution in [3.63, 3.8) is 0 Å². The van der Waals surface area contributed by atoms with Crippen molar-refractivity contribution < 1.29 is 33.7 Å². The lowest BCUT2D eigenvalue weighted by atomic mass is 9.82. The predicted octanol–water partition coefficient (Wildman–Crippen LogP) is 4.67. The third-order valence-corrected chi connectivity index (χ3v) is 16.6.